The fourth-order valence-electron chi connectivity index (χ4n) is 2.88. The highest BCUT2D eigenvalue weighted by Gasteiger charge is 2.12. The molecule has 0 aliphatic heterocycles. The molecule has 1 radical (unpaired) electrons. The molecular weight excluding hydrogens is 252 g/mol. The molecule has 0 aliphatic carbocycles. The van der Waals surface area contributed by atoms with Gasteiger partial charge in [-0.2, -0.15) is 0 Å². The van der Waals surface area contributed by atoms with Crippen LogP contribution in [0.5, 0.6) is 0 Å². The van der Waals surface area contributed by atoms with Crippen LogP contribution in [0.1, 0.15) is 18.1 Å². The molecule has 0 saturated heterocycles. The van der Waals surface area contributed by atoms with Crippen LogP contribution in [-0.2, 0) is 6.42 Å². The lowest BCUT2D eigenvalue weighted by atomic mass is 9.88. The first kappa shape index (κ1) is 13.6. The van der Waals surface area contributed by atoms with Crippen LogP contribution in [0.25, 0.3) is 22.3 Å². The van der Waals surface area contributed by atoms with Crippen LogP contribution in [0.3, 0.4) is 0 Å². The van der Waals surface area contributed by atoms with Crippen molar-refractivity contribution < 1.29 is 0 Å². The highest BCUT2D eigenvalue weighted by molar-refractivity contribution is 5.86. The fourth-order valence-corrected chi connectivity index (χ4v) is 2.88. The Morgan fingerprint density at radius 2 is 1.38 bits per heavy atom. The molecule has 3 rings (SSSR count). The van der Waals surface area contributed by atoms with Gasteiger partial charge in [-0.3, -0.25) is 0 Å². The summed E-state index contributed by atoms with van der Waals surface area (Å²) in [5.41, 5.74) is 7.75. The van der Waals surface area contributed by atoms with Crippen molar-refractivity contribution in [1.82, 2.24) is 0 Å². The average Bonchev–Trinajstić information content (AvgIpc) is 2.56. The molecule has 3 aromatic carbocycles. The molecule has 0 bridgehead atoms. The molecule has 0 unspecified atom stereocenters. The van der Waals surface area contributed by atoms with E-state index < -0.39 is 0 Å². The topological polar surface area (TPSA) is 0 Å². The maximum Gasteiger partial charge on any atom is -0.00729 e. The van der Waals surface area contributed by atoms with Gasteiger partial charge in [0.1, 0.15) is 0 Å². The second-order valence-electron chi connectivity index (χ2n) is 5.27. The summed E-state index contributed by atoms with van der Waals surface area (Å²) < 4.78 is 0. The Balaban J connectivity index is 2.28. The Kier molecular flexibility index (Phi) is 3.87. The van der Waals surface area contributed by atoms with E-state index in [1.807, 2.05) is 0 Å². The molecule has 0 atom stereocenters. The van der Waals surface area contributed by atoms with Crippen molar-refractivity contribution >= 4 is 0 Å². The Morgan fingerprint density at radius 1 is 0.810 bits per heavy atom. The highest BCUT2D eigenvalue weighted by atomic mass is 14.2. The zero-order valence-corrected chi connectivity index (χ0v) is 12.6. The van der Waals surface area contributed by atoms with Crippen LogP contribution in [-0.4, -0.2) is 0 Å². The summed E-state index contributed by atoms with van der Waals surface area (Å²) in [7, 11) is 0. The van der Waals surface area contributed by atoms with Crippen LogP contribution < -0.4 is 0 Å². The molecule has 21 heavy (non-hydrogen) atoms. The molecular formula is C21H19. The van der Waals surface area contributed by atoms with E-state index in [2.05, 4.69) is 86.6 Å². The van der Waals surface area contributed by atoms with Gasteiger partial charge in [0.15, 0.2) is 0 Å². The number of hydrogen-bond donors (Lipinski definition) is 0. The van der Waals surface area contributed by atoms with Crippen molar-refractivity contribution in [2.45, 2.75) is 20.3 Å². The molecule has 0 amide bonds. The van der Waals surface area contributed by atoms with E-state index in [9.17, 15) is 0 Å². The Hall–Kier alpha value is -2.34. The summed E-state index contributed by atoms with van der Waals surface area (Å²) in [5, 5.41) is 0. The van der Waals surface area contributed by atoms with Gasteiger partial charge in [-0.05, 0) is 58.9 Å². The zero-order chi connectivity index (χ0) is 14.7. The summed E-state index contributed by atoms with van der Waals surface area (Å²) in [5.74, 6) is 0. The van der Waals surface area contributed by atoms with Crippen molar-refractivity contribution in [1.29, 1.82) is 0 Å². The van der Waals surface area contributed by atoms with Crippen molar-refractivity contribution in [3.05, 3.63) is 83.9 Å². The summed E-state index contributed by atoms with van der Waals surface area (Å²) in [6, 6.07) is 26.8. The third-order valence-corrected chi connectivity index (χ3v) is 3.99. The van der Waals surface area contributed by atoms with Crippen LogP contribution in [0.4, 0.5) is 0 Å². The van der Waals surface area contributed by atoms with Gasteiger partial charge in [0.25, 0.3) is 0 Å². The number of aryl methyl sites for hydroxylation is 1. The summed E-state index contributed by atoms with van der Waals surface area (Å²) in [6.07, 6.45) is 1.01. The van der Waals surface area contributed by atoms with E-state index in [0.29, 0.717) is 0 Å². The minimum Gasteiger partial charge on any atom is -0.0622 e. The summed E-state index contributed by atoms with van der Waals surface area (Å²) in [4.78, 5) is 0. The van der Waals surface area contributed by atoms with Crippen molar-refractivity contribution in [2.75, 3.05) is 0 Å². The van der Waals surface area contributed by atoms with Gasteiger partial charge in [-0.15, -0.1) is 0 Å². The maximum atomic E-state index is 3.46. The van der Waals surface area contributed by atoms with E-state index in [-0.39, 0.29) is 0 Å². The summed E-state index contributed by atoms with van der Waals surface area (Å²) in [6.45, 7) is 4.40. The van der Waals surface area contributed by atoms with E-state index >= 15 is 0 Å². The third kappa shape index (κ3) is 2.62. The van der Waals surface area contributed by atoms with Crippen molar-refractivity contribution in [3.8, 4) is 22.3 Å². The predicted octanol–water partition coefficient (Wildman–Crippen LogP) is 5.69. The third-order valence-electron chi connectivity index (χ3n) is 3.99. The predicted molar refractivity (Wildman–Crippen MR) is 90.3 cm³/mol. The maximum absolute atomic E-state index is 3.46. The van der Waals surface area contributed by atoms with Gasteiger partial charge in [0.05, 0.1) is 0 Å². The molecule has 103 valence electrons. The smallest absolute Gasteiger partial charge is 0.00729 e. The van der Waals surface area contributed by atoms with Crippen molar-refractivity contribution in [3.63, 3.8) is 0 Å². The highest BCUT2D eigenvalue weighted by Crippen LogP contribution is 2.36. The van der Waals surface area contributed by atoms with Crippen molar-refractivity contribution in [2.24, 2.45) is 0 Å². The van der Waals surface area contributed by atoms with E-state index in [4.69, 9.17) is 0 Å². The molecule has 3 aromatic rings. The quantitative estimate of drug-likeness (QED) is 0.574. The van der Waals surface area contributed by atoms with Gasteiger partial charge in [-0.1, -0.05) is 67.6 Å². The molecule has 0 N–H and O–H groups in total. The molecule has 0 nitrogen and oxygen atoms in total. The number of hydrogen-bond acceptors (Lipinski definition) is 0. The Morgan fingerprint density at radius 3 is 1.95 bits per heavy atom. The number of rotatable bonds is 3. The van der Waals surface area contributed by atoms with Crippen LogP contribution in [0.15, 0.2) is 66.7 Å². The Bertz CT molecular complexity index is 725. The lowest BCUT2D eigenvalue weighted by Gasteiger charge is -2.16. The van der Waals surface area contributed by atoms with Crippen LogP contribution in [0.2, 0.25) is 0 Å². The second-order valence-corrected chi connectivity index (χ2v) is 5.27. The molecule has 0 aliphatic rings. The second kappa shape index (κ2) is 5.97. The summed E-state index contributed by atoms with van der Waals surface area (Å²) >= 11 is 0. The van der Waals surface area contributed by atoms with Gasteiger partial charge >= 0.3 is 0 Å². The minimum atomic E-state index is 1.01. The minimum absolute atomic E-state index is 1.01. The Labute approximate surface area is 127 Å². The van der Waals surface area contributed by atoms with Gasteiger partial charge < -0.3 is 0 Å². The average molecular weight is 271 g/mol. The molecule has 0 heterocycles. The SMILES string of the molecule is CCc1[c]cc(-c2ccccc2)c(-c2ccccc2)c1C. The van der Waals surface area contributed by atoms with Gasteiger partial charge in [0.2, 0.25) is 0 Å². The molecule has 0 spiro atoms. The van der Waals surface area contributed by atoms with Gasteiger partial charge in [-0.25, -0.2) is 0 Å². The fraction of sp³-hybridized carbons (Fsp3) is 0.143. The molecule has 0 heteroatoms. The van der Waals surface area contributed by atoms with Gasteiger partial charge in [0, 0.05) is 0 Å². The first-order chi connectivity index (χ1) is 10.3. The first-order valence-electron chi connectivity index (χ1n) is 7.46. The first-order valence-corrected chi connectivity index (χ1v) is 7.46. The van der Waals surface area contributed by atoms with E-state index in [1.54, 1.807) is 0 Å². The van der Waals surface area contributed by atoms with E-state index in [1.165, 1.54) is 33.4 Å². The number of benzene rings is 3. The van der Waals surface area contributed by atoms with Crippen LogP contribution >= 0.6 is 0 Å². The normalized spacial score (nSPS) is 10.6. The lowest BCUT2D eigenvalue weighted by molar-refractivity contribution is 1.11. The standard InChI is InChI=1S/C21H19/c1-3-17-14-15-20(18-10-6-4-7-11-18)21(16(17)2)19-12-8-5-9-13-19/h4-13,15H,3H2,1-2H3. The van der Waals surface area contributed by atoms with E-state index in [0.717, 1.165) is 6.42 Å². The zero-order valence-electron chi connectivity index (χ0n) is 12.6. The largest absolute Gasteiger partial charge is 0.0622 e. The molecule has 0 saturated carbocycles. The van der Waals surface area contributed by atoms with Crippen LogP contribution in [0, 0.1) is 13.0 Å². The monoisotopic (exact) mass is 271 g/mol. The molecule has 0 aromatic heterocycles. The molecule has 0 fully saturated rings. The lowest BCUT2D eigenvalue weighted by Crippen LogP contribution is -1.95.